The van der Waals surface area contributed by atoms with Gasteiger partial charge in [0.25, 0.3) is 0 Å². The Kier molecular flexibility index (Phi) is 3.85. The highest BCUT2D eigenvalue weighted by molar-refractivity contribution is 7.10. The van der Waals surface area contributed by atoms with Gasteiger partial charge in [-0.3, -0.25) is 0 Å². The van der Waals surface area contributed by atoms with Gasteiger partial charge in [0.15, 0.2) is 0 Å². The molecule has 112 valence electrons. The average molecular weight is 302 g/mol. The smallest absolute Gasteiger partial charge is 0.136 e. The van der Waals surface area contributed by atoms with Gasteiger partial charge < -0.3 is 10.6 Å². The number of hydrogen-bond acceptors (Lipinski definition) is 5. The quantitative estimate of drug-likeness (QED) is 0.851. The minimum absolute atomic E-state index is 0.0959. The highest BCUT2D eigenvalue weighted by Gasteiger charge is 2.28. The van der Waals surface area contributed by atoms with Crippen LogP contribution in [0.5, 0.6) is 0 Å². The number of aromatic nitrogens is 2. The minimum atomic E-state index is 0.0959. The van der Waals surface area contributed by atoms with Gasteiger partial charge in [0.2, 0.25) is 0 Å². The summed E-state index contributed by atoms with van der Waals surface area (Å²) in [5.41, 5.74) is 0.0959. The topological polar surface area (TPSA) is 49.8 Å². The Morgan fingerprint density at radius 2 is 2.05 bits per heavy atom. The second kappa shape index (κ2) is 5.64. The van der Waals surface area contributed by atoms with Gasteiger partial charge in [0, 0.05) is 35.9 Å². The maximum atomic E-state index is 4.67. The van der Waals surface area contributed by atoms with E-state index in [1.807, 2.05) is 13.1 Å². The van der Waals surface area contributed by atoms with Gasteiger partial charge in [-0.1, -0.05) is 19.9 Å². The summed E-state index contributed by atoms with van der Waals surface area (Å²) in [5, 5.41) is 8.74. The van der Waals surface area contributed by atoms with Crippen LogP contribution in [-0.2, 0) is 5.41 Å². The molecular formula is C16H22N4S. The molecule has 0 unspecified atom stereocenters. The molecule has 3 rings (SSSR count). The van der Waals surface area contributed by atoms with E-state index in [2.05, 4.69) is 52.0 Å². The third-order valence-corrected chi connectivity index (χ3v) is 5.08. The molecule has 0 radical (unpaired) electrons. The van der Waals surface area contributed by atoms with Crippen molar-refractivity contribution in [3.05, 3.63) is 34.3 Å². The molecule has 21 heavy (non-hydrogen) atoms. The highest BCUT2D eigenvalue weighted by Crippen LogP contribution is 2.39. The van der Waals surface area contributed by atoms with Crippen molar-refractivity contribution in [1.29, 1.82) is 0 Å². The van der Waals surface area contributed by atoms with Crippen LogP contribution in [-0.4, -0.2) is 23.6 Å². The van der Waals surface area contributed by atoms with Crippen molar-refractivity contribution in [3.8, 4) is 0 Å². The molecule has 0 saturated heterocycles. The van der Waals surface area contributed by atoms with Crippen LogP contribution in [0.25, 0.3) is 0 Å². The van der Waals surface area contributed by atoms with Crippen LogP contribution in [0, 0.1) is 0 Å². The van der Waals surface area contributed by atoms with Crippen molar-refractivity contribution >= 4 is 23.0 Å². The van der Waals surface area contributed by atoms with E-state index < -0.39 is 0 Å². The molecule has 5 heteroatoms. The largest absolute Gasteiger partial charge is 0.373 e. The van der Waals surface area contributed by atoms with Crippen molar-refractivity contribution in [2.45, 2.75) is 38.0 Å². The van der Waals surface area contributed by atoms with E-state index in [-0.39, 0.29) is 5.41 Å². The molecule has 0 aromatic carbocycles. The predicted octanol–water partition coefficient (Wildman–Crippen LogP) is 3.85. The molecule has 2 heterocycles. The van der Waals surface area contributed by atoms with Crippen LogP contribution in [0.1, 0.15) is 43.3 Å². The summed E-state index contributed by atoms with van der Waals surface area (Å²) in [6.45, 7) is 5.37. The van der Waals surface area contributed by atoms with E-state index >= 15 is 0 Å². The molecule has 0 bridgehead atoms. The van der Waals surface area contributed by atoms with Gasteiger partial charge in [-0.25, -0.2) is 9.97 Å². The van der Waals surface area contributed by atoms with E-state index in [4.69, 9.17) is 0 Å². The van der Waals surface area contributed by atoms with Crippen LogP contribution in [0.15, 0.2) is 23.6 Å². The number of nitrogens with one attached hydrogen (secondary N) is 2. The molecule has 2 N–H and O–H groups in total. The van der Waals surface area contributed by atoms with Crippen LogP contribution >= 0.6 is 11.3 Å². The summed E-state index contributed by atoms with van der Waals surface area (Å²) in [7, 11) is 1.90. The van der Waals surface area contributed by atoms with E-state index in [1.165, 1.54) is 17.7 Å². The van der Waals surface area contributed by atoms with Gasteiger partial charge in [-0.05, 0) is 24.3 Å². The molecule has 4 nitrogen and oxygen atoms in total. The zero-order valence-electron chi connectivity index (χ0n) is 12.8. The summed E-state index contributed by atoms with van der Waals surface area (Å²) < 4.78 is 0. The fourth-order valence-corrected chi connectivity index (χ4v) is 3.12. The second-order valence-electron chi connectivity index (χ2n) is 6.24. The lowest BCUT2D eigenvalue weighted by molar-refractivity contribution is 0.568. The van der Waals surface area contributed by atoms with Crippen molar-refractivity contribution in [2.24, 2.45) is 0 Å². The third-order valence-electron chi connectivity index (χ3n) is 3.84. The van der Waals surface area contributed by atoms with Crippen LogP contribution in [0.2, 0.25) is 0 Å². The van der Waals surface area contributed by atoms with E-state index in [0.717, 1.165) is 24.0 Å². The summed E-state index contributed by atoms with van der Waals surface area (Å²) in [6.07, 6.45) is 2.43. The van der Waals surface area contributed by atoms with Gasteiger partial charge >= 0.3 is 0 Å². The minimum Gasteiger partial charge on any atom is -0.373 e. The molecule has 0 atom stereocenters. The lowest BCUT2D eigenvalue weighted by Gasteiger charge is -2.24. The standard InChI is InChI=1S/C16H22N4S/c1-16(2,12-5-4-8-21-12)10-18-14-9-13(17-3)19-15(20-14)11-6-7-11/h4-5,8-9,11H,6-7,10H2,1-3H3,(H2,17,18,19,20). The first kappa shape index (κ1) is 14.3. The Morgan fingerprint density at radius 3 is 2.67 bits per heavy atom. The van der Waals surface area contributed by atoms with Gasteiger partial charge in [-0.2, -0.15) is 0 Å². The number of hydrogen-bond donors (Lipinski definition) is 2. The molecule has 0 spiro atoms. The predicted molar refractivity (Wildman–Crippen MR) is 89.4 cm³/mol. The molecule has 1 fully saturated rings. The average Bonchev–Trinajstić information content (AvgIpc) is 3.18. The molecule has 0 aliphatic heterocycles. The lowest BCUT2D eigenvalue weighted by atomic mass is 9.91. The van der Waals surface area contributed by atoms with Crippen molar-refractivity contribution in [1.82, 2.24) is 9.97 Å². The maximum Gasteiger partial charge on any atom is 0.136 e. The lowest BCUT2D eigenvalue weighted by Crippen LogP contribution is -2.27. The molecule has 1 saturated carbocycles. The molecule has 2 aromatic heterocycles. The number of anilines is 2. The number of nitrogens with zero attached hydrogens (tertiary/aromatic N) is 2. The van der Waals surface area contributed by atoms with Crippen LogP contribution in [0.3, 0.4) is 0 Å². The number of thiophene rings is 1. The zero-order chi connectivity index (χ0) is 14.9. The first-order chi connectivity index (χ1) is 10.1. The summed E-state index contributed by atoms with van der Waals surface area (Å²) in [6, 6.07) is 6.29. The fraction of sp³-hybridized carbons (Fsp3) is 0.500. The van der Waals surface area contributed by atoms with E-state index in [0.29, 0.717) is 5.92 Å². The first-order valence-corrected chi connectivity index (χ1v) is 8.31. The maximum absolute atomic E-state index is 4.67. The van der Waals surface area contributed by atoms with Crippen molar-refractivity contribution < 1.29 is 0 Å². The van der Waals surface area contributed by atoms with Crippen molar-refractivity contribution in [2.75, 3.05) is 24.2 Å². The van der Waals surface area contributed by atoms with Crippen LogP contribution < -0.4 is 10.6 Å². The Labute approximate surface area is 130 Å². The molecule has 1 aliphatic carbocycles. The summed E-state index contributed by atoms with van der Waals surface area (Å²) in [5.74, 6) is 3.34. The van der Waals surface area contributed by atoms with Gasteiger partial charge in [0.1, 0.15) is 17.5 Å². The third kappa shape index (κ3) is 3.35. The van der Waals surface area contributed by atoms with Gasteiger partial charge in [-0.15, -0.1) is 11.3 Å². The van der Waals surface area contributed by atoms with Crippen LogP contribution in [0.4, 0.5) is 11.6 Å². The summed E-state index contributed by atoms with van der Waals surface area (Å²) >= 11 is 1.81. The summed E-state index contributed by atoms with van der Waals surface area (Å²) in [4.78, 5) is 10.6. The Bertz CT molecular complexity index is 603. The molecular weight excluding hydrogens is 280 g/mol. The Hall–Kier alpha value is -1.62. The number of rotatable bonds is 6. The normalized spacial score (nSPS) is 15.0. The monoisotopic (exact) mass is 302 g/mol. The first-order valence-electron chi connectivity index (χ1n) is 7.43. The molecule has 0 amide bonds. The Balaban J connectivity index is 1.74. The van der Waals surface area contributed by atoms with Gasteiger partial charge in [0.05, 0.1) is 0 Å². The molecule has 2 aromatic rings. The highest BCUT2D eigenvalue weighted by atomic mass is 32.1. The zero-order valence-corrected chi connectivity index (χ0v) is 13.6. The molecule has 1 aliphatic rings. The van der Waals surface area contributed by atoms with E-state index in [9.17, 15) is 0 Å². The van der Waals surface area contributed by atoms with E-state index in [1.54, 1.807) is 11.3 Å². The second-order valence-corrected chi connectivity index (χ2v) is 7.18. The fourth-order valence-electron chi connectivity index (χ4n) is 2.27. The Morgan fingerprint density at radius 1 is 1.29 bits per heavy atom. The SMILES string of the molecule is CNc1cc(NCC(C)(C)c2cccs2)nc(C2CC2)n1. The van der Waals surface area contributed by atoms with Crippen molar-refractivity contribution in [3.63, 3.8) is 0 Å².